The highest BCUT2D eigenvalue weighted by Crippen LogP contribution is 2.32. The van der Waals surface area contributed by atoms with Crippen LogP contribution in [0, 0.1) is 0 Å². The number of ether oxygens (including phenoxy) is 1. The van der Waals surface area contributed by atoms with Gasteiger partial charge in [0.2, 0.25) is 0 Å². The Labute approximate surface area is 69.3 Å². The van der Waals surface area contributed by atoms with Gasteiger partial charge >= 0.3 is 6.30 Å². The van der Waals surface area contributed by atoms with Gasteiger partial charge in [0.05, 0.1) is 6.61 Å². The van der Waals surface area contributed by atoms with Crippen LogP contribution >= 0.6 is 0 Å². The lowest BCUT2D eigenvalue weighted by atomic mass is 10.2. The Balaban J connectivity index is 2.70. The monoisotopic (exact) mass is 183 g/mol. The highest BCUT2D eigenvalue weighted by molar-refractivity contribution is 4.79. The number of rotatable bonds is 1. The lowest BCUT2D eigenvalue weighted by molar-refractivity contribution is -0.271. The number of nitrogens with zero attached hydrogens (tertiary/aromatic N) is 1. The molecule has 0 radical (unpaired) electrons. The van der Waals surface area contributed by atoms with E-state index < -0.39 is 18.6 Å². The molecule has 0 aromatic heterocycles. The molecule has 12 heavy (non-hydrogen) atoms. The summed E-state index contributed by atoms with van der Waals surface area (Å²) in [4.78, 5) is 0.465. The van der Waals surface area contributed by atoms with E-state index in [0.717, 1.165) is 0 Å². The molecule has 2 nitrogen and oxygen atoms in total. The van der Waals surface area contributed by atoms with Gasteiger partial charge in [0, 0.05) is 6.04 Å². The summed E-state index contributed by atoms with van der Waals surface area (Å²) in [6.07, 6.45) is -4.64. The third-order valence-electron chi connectivity index (χ3n) is 2.08. The molecule has 0 saturated carbocycles. The minimum atomic E-state index is -4.27. The molecule has 1 heterocycles. The summed E-state index contributed by atoms with van der Waals surface area (Å²) in [5.74, 6) is 0. The summed E-state index contributed by atoms with van der Waals surface area (Å²) >= 11 is 0. The maximum atomic E-state index is 12.3. The van der Waals surface area contributed by atoms with E-state index in [1.807, 2.05) is 0 Å². The van der Waals surface area contributed by atoms with Gasteiger partial charge in [-0.2, -0.15) is 18.1 Å². The Morgan fingerprint density at radius 1 is 1.50 bits per heavy atom. The summed E-state index contributed by atoms with van der Waals surface area (Å²) in [6.45, 7) is 3.32. The summed E-state index contributed by atoms with van der Waals surface area (Å²) < 4.78 is 41.8. The molecular formula is C7H12F3NO. The molecule has 1 aliphatic rings. The maximum absolute atomic E-state index is 12.3. The van der Waals surface area contributed by atoms with Crippen LogP contribution in [0.3, 0.4) is 0 Å². The third kappa shape index (κ3) is 1.72. The average Bonchev–Trinajstić information content (AvgIpc) is 2.29. The summed E-state index contributed by atoms with van der Waals surface area (Å²) in [6, 6.07) is -0.514. The molecule has 1 saturated heterocycles. The molecule has 0 aromatic rings. The summed E-state index contributed by atoms with van der Waals surface area (Å²) in [5, 5.41) is 0. The van der Waals surface area contributed by atoms with Crippen molar-refractivity contribution in [2.75, 3.05) is 6.61 Å². The van der Waals surface area contributed by atoms with E-state index in [0.29, 0.717) is 11.3 Å². The second-order valence-corrected chi connectivity index (χ2v) is 2.87. The molecule has 0 N–H and O–H groups in total. The second kappa shape index (κ2) is 3.22. The molecule has 1 rings (SSSR count). The Morgan fingerprint density at radius 3 is 2.42 bits per heavy atom. The zero-order chi connectivity index (χ0) is 9.35. The predicted octanol–water partition coefficient (Wildman–Crippen LogP) is 1.96. The Hall–Kier alpha value is -0.290. The van der Waals surface area contributed by atoms with E-state index in [9.17, 15) is 13.2 Å². The number of halogens is 3. The zero-order valence-electron chi connectivity index (χ0n) is 7.06. The average molecular weight is 183 g/mol. The van der Waals surface area contributed by atoms with Gasteiger partial charge in [-0.3, -0.25) is 0 Å². The largest absolute Gasteiger partial charge is 0.462 e. The molecule has 1 fully saturated rings. The molecular weight excluding hydrogens is 171 g/mol. The molecule has 1 aliphatic heterocycles. The topological polar surface area (TPSA) is 12.5 Å². The van der Waals surface area contributed by atoms with Gasteiger partial charge in [0.15, 0.2) is 0 Å². The molecule has 2 atom stereocenters. The quantitative estimate of drug-likeness (QED) is 0.576. The van der Waals surface area contributed by atoms with Crippen LogP contribution in [-0.2, 0) is 4.74 Å². The van der Waals surface area contributed by atoms with Gasteiger partial charge in [0.25, 0.3) is 0 Å². The van der Waals surface area contributed by atoms with Gasteiger partial charge in [-0.05, 0) is 13.3 Å². The number of alkyl halides is 3. The van der Waals surface area contributed by atoms with Crippen molar-refractivity contribution >= 4 is 0 Å². The van der Waals surface area contributed by atoms with E-state index >= 15 is 0 Å². The Kier molecular flexibility index (Phi) is 2.63. The van der Waals surface area contributed by atoms with E-state index in [-0.39, 0.29) is 6.61 Å². The molecule has 0 spiro atoms. The van der Waals surface area contributed by atoms with Crippen molar-refractivity contribution in [1.82, 2.24) is 4.90 Å². The van der Waals surface area contributed by atoms with Crippen molar-refractivity contribution in [3.05, 3.63) is 0 Å². The van der Waals surface area contributed by atoms with Gasteiger partial charge < -0.3 is 4.74 Å². The van der Waals surface area contributed by atoms with E-state index in [4.69, 9.17) is 4.74 Å². The lowest BCUT2D eigenvalue weighted by Crippen LogP contribution is -2.45. The van der Waals surface area contributed by atoms with Crippen LogP contribution in [0.4, 0.5) is 13.2 Å². The molecule has 2 unspecified atom stereocenters. The van der Waals surface area contributed by atoms with Crippen molar-refractivity contribution < 1.29 is 17.9 Å². The van der Waals surface area contributed by atoms with Crippen LogP contribution in [0.1, 0.15) is 20.3 Å². The van der Waals surface area contributed by atoms with Crippen molar-refractivity contribution in [3.63, 3.8) is 0 Å². The molecule has 0 aromatic carbocycles. The number of hydrogen-bond acceptors (Lipinski definition) is 2. The summed E-state index contributed by atoms with van der Waals surface area (Å²) in [7, 11) is 0. The van der Waals surface area contributed by atoms with Crippen LogP contribution in [0.15, 0.2) is 0 Å². The first-order chi connectivity index (χ1) is 5.46. The van der Waals surface area contributed by atoms with Gasteiger partial charge in [0.1, 0.15) is 6.23 Å². The second-order valence-electron chi connectivity index (χ2n) is 2.87. The van der Waals surface area contributed by atoms with Gasteiger partial charge in [-0.25, -0.2) is 0 Å². The number of hydrogen-bond donors (Lipinski definition) is 0. The first kappa shape index (κ1) is 9.80. The minimum absolute atomic E-state index is 0.178. The third-order valence-corrected chi connectivity index (χ3v) is 2.08. The highest BCUT2D eigenvalue weighted by Gasteiger charge is 2.48. The summed E-state index contributed by atoms with van der Waals surface area (Å²) in [5.41, 5.74) is 0. The van der Waals surface area contributed by atoms with Crippen molar-refractivity contribution in [2.24, 2.45) is 0 Å². The smallest absolute Gasteiger partial charge is 0.362 e. The van der Waals surface area contributed by atoms with E-state index in [1.54, 1.807) is 6.92 Å². The SMILES string of the molecule is CCC1COC(C)N1C(F)(F)F. The van der Waals surface area contributed by atoms with Crippen LogP contribution < -0.4 is 0 Å². The Bertz CT molecular complexity index is 159. The lowest BCUT2D eigenvalue weighted by Gasteiger charge is -2.27. The van der Waals surface area contributed by atoms with E-state index in [1.165, 1.54) is 6.92 Å². The highest BCUT2D eigenvalue weighted by atomic mass is 19.4. The zero-order valence-corrected chi connectivity index (χ0v) is 7.06. The molecule has 0 bridgehead atoms. The normalized spacial score (nSPS) is 32.8. The van der Waals surface area contributed by atoms with Crippen LogP contribution in [0.2, 0.25) is 0 Å². The van der Waals surface area contributed by atoms with Crippen molar-refractivity contribution in [3.8, 4) is 0 Å². The minimum Gasteiger partial charge on any atom is -0.362 e. The maximum Gasteiger partial charge on any atom is 0.462 e. The molecule has 72 valence electrons. The fourth-order valence-electron chi connectivity index (χ4n) is 1.44. The fourth-order valence-corrected chi connectivity index (χ4v) is 1.44. The Morgan fingerprint density at radius 2 is 2.08 bits per heavy atom. The van der Waals surface area contributed by atoms with Crippen molar-refractivity contribution in [1.29, 1.82) is 0 Å². The van der Waals surface area contributed by atoms with E-state index in [2.05, 4.69) is 0 Å². The fraction of sp³-hybridized carbons (Fsp3) is 1.00. The van der Waals surface area contributed by atoms with Crippen LogP contribution in [0.5, 0.6) is 0 Å². The predicted molar refractivity (Wildman–Crippen MR) is 37.4 cm³/mol. The van der Waals surface area contributed by atoms with Crippen LogP contribution in [0.25, 0.3) is 0 Å². The molecule has 0 amide bonds. The van der Waals surface area contributed by atoms with Crippen LogP contribution in [-0.4, -0.2) is 30.1 Å². The first-order valence-corrected chi connectivity index (χ1v) is 3.93. The van der Waals surface area contributed by atoms with Gasteiger partial charge in [-0.15, -0.1) is 0 Å². The molecule has 5 heteroatoms. The first-order valence-electron chi connectivity index (χ1n) is 3.93. The van der Waals surface area contributed by atoms with Crippen molar-refractivity contribution in [2.45, 2.75) is 38.8 Å². The standard InChI is InChI=1S/C7H12F3NO/c1-3-6-4-12-5(2)11(6)7(8,9)10/h5-6H,3-4H2,1-2H3. The molecule has 0 aliphatic carbocycles. The van der Waals surface area contributed by atoms with Gasteiger partial charge in [-0.1, -0.05) is 6.92 Å².